The van der Waals surface area contributed by atoms with Crippen molar-refractivity contribution in [2.24, 2.45) is 0 Å². The summed E-state index contributed by atoms with van der Waals surface area (Å²) in [6.07, 6.45) is 7.10. The molecule has 3 rings (SSSR count). The first kappa shape index (κ1) is 18.0. The van der Waals surface area contributed by atoms with E-state index in [-0.39, 0.29) is 11.4 Å². The molecule has 1 saturated heterocycles. The van der Waals surface area contributed by atoms with Crippen molar-refractivity contribution in [1.82, 2.24) is 4.90 Å². The second kappa shape index (κ2) is 7.61. The van der Waals surface area contributed by atoms with E-state index in [0.29, 0.717) is 18.4 Å². The van der Waals surface area contributed by atoms with Gasteiger partial charge >= 0.3 is 5.97 Å². The summed E-state index contributed by atoms with van der Waals surface area (Å²) < 4.78 is 5.23. The van der Waals surface area contributed by atoms with Crippen LogP contribution in [0.25, 0.3) is 0 Å². The van der Waals surface area contributed by atoms with Gasteiger partial charge in [-0.15, -0.1) is 0 Å². The SMILES string of the molecule is CCCN1CC[C@@]2(c3cccc(O)c3)CCC[C@@H]1C2=CC(=O)OCC. The van der Waals surface area contributed by atoms with Crippen LogP contribution in [0.5, 0.6) is 5.75 Å². The van der Waals surface area contributed by atoms with Crippen molar-refractivity contribution in [3.8, 4) is 5.75 Å². The Balaban J connectivity index is 2.06. The molecule has 0 aromatic heterocycles. The standard InChI is InChI=1S/C21H29NO3/c1-3-12-22-13-11-21(16-7-5-8-17(23)14-16)10-6-9-19(22)18(21)15-20(24)25-4-2/h5,7-8,14-15,19,23H,3-4,6,9-13H2,1-2H3/t19-,21-/m1/s1. The molecule has 0 spiro atoms. The average Bonchev–Trinajstić information content (AvgIpc) is 2.58. The fourth-order valence-corrected chi connectivity index (χ4v) is 4.71. The van der Waals surface area contributed by atoms with Crippen LogP contribution in [0.15, 0.2) is 35.9 Å². The second-order valence-electron chi connectivity index (χ2n) is 7.18. The molecular weight excluding hydrogens is 314 g/mol. The molecule has 0 amide bonds. The molecule has 1 saturated carbocycles. The van der Waals surface area contributed by atoms with Crippen molar-refractivity contribution >= 4 is 5.97 Å². The molecule has 2 aliphatic rings. The molecule has 1 aliphatic heterocycles. The topological polar surface area (TPSA) is 49.8 Å². The van der Waals surface area contributed by atoms with Gasteiger partial charge in [-0.3, -0.25) is 4.90 Å². The van der Waals surface area contributed by atoms with E-state index in [1.807, 2.05) is 19.1 Å². The number of carbonyl (C=O) groups is 1. The molecule has 1 aromatic rings. The lowest BCUT2D eigenvalue weighted by molar-refractivity contribution is -0.137. The maximum Gasteiger partial charge on any atom is 0.330 e. The van der Waals surface area contributed by atoms with Crippen LogP contribution >= 0.6 is 0 Å². The molecule has 0 unspecified atom stereocenters. The van der Waals surface area contributed by atoms with Gasteiger partial charge in [-0.2, -0.15) is 0 Å². The number of phenols is 1. The first-order valence-electron chi connectivity index (χ1n) is 9.53. The van der Waals surface area contributed by atoms with Gasteiger partial charge in [0.1, 0.15) is 5.75 Å². The molecule has 4 nitrogen and oxygen atoms in total. The van der Waals surface area contributed by atoms with E-state index in [0.717, 1.165) is 50.8 Å². The minimum Gasteiger partial charge on any atom is -0.508 e. The predicted octanol–water partition coefficient (Wildman–Crippen LogP) is 3.79. The maximum absolute atomic E-state index is 12.3. The maximum atomic E-state index is 12.3. The smallest absolute Gasteiger partial charge is 0.330 e. The van der Waals surface area contributed by atoms with Gasteiger partial charge in [0.15, 0.2) is 0 Å². The Hall–Kier alpha value is -1.81. The van der Waals surface area contributed by atoms with Crippen LogP contribution in [0.3, 0.4) is 0 Å². The van der Waals surface area contributed by atoms with Crippen molar-refractivity contribution in [2.45, 2.75) is 57.4 Å². The molecule has 0 radical (unpaired) electrons. The van der Waals surface area contributed by atoms with Crippen molar-refractivity contribution < 1.29 is 14.6 Å². The molecule has 1 heterocycles. The third-order valence-electron chi connectivity index (χ3n) is 5.73. The minimum atomic E-state index is -0.243. The lowest BCUT2D eigenvalue weighted by Gasteiger charge is -2.53. The second-order valence-corrected chi connectivity index (χ2v) is 7.18. The molecule has 2 atom stereocenters. The van der Waals surface area contributed by atoms with E-state index in [1.54, 1.807) is 12.1 Å². The van der Waals surface area contributed by atoms with Crippen LogP contribution in [0.4, 0.5) is 0 Å². The Morgan fingerprint density at radius 1 is 1.40 bits per heavy atom. The third kappa shape index (κ3) is 3.45. The molecule has 2 fully saturated rings. The van der Waals surface area contributed by atoms with Crippen molar-refractivity contribution in [3.63, 3.8) is 0 Å². The van der Waals surface area contributed by atoms with Gasteiger partial charge < -0.3 is 9.84 Å². The highest BCUT2D eigenvalue weighted by Gasteiger charge is 2.47. The molecule has 4 heteroatoms. The molecule has 1 N–H and O–H groups in total. The van der Waals surface area contributed by atoms with Crippen LogP contribution in [0, 0.1) is 0 Å². The van der Waals surface area contributed by atoms with Gasteiger partial charge in [0.25, 0.3) is 0 Å². The summed E-state index contributed by atoms with van der Waals surface area (Å²) in [4.78, 5) is 14.8. The summed E-state index contributed by atoms with van der Waals surface area (Å²) in [6.45, 7) is 6.53. The highest BCUT2D eigenvalue weighted by atomic mass is 16.5. The van der Waals surface area contributed by atoms with Crippen molar-refractivity contribution in [1.29, 1.82) is 0 Å². The summed E-state index contributed by atoms with van der Waals surface area (Å²) in [5, 5.41) is 10.0. The minimum absolute atomic E-state index is 0.154. The summed E-state index contributed by atoms with van der Waals surface area (Å²) in [5.41, 5.74) is 2.16. The van der Waals surface area contributed by atoms with Gasteiger partial charge in [0.05, 0.1) is 6.61 Å². The number of likely N-dealkylation sites (tertiary alicyclic amines) is 1. The zero-order valence-electron chi connectivity index (χ0n) is 15.3. The number of carbonyl (C=O) groups excluding carboxylic acids is 1. The zero-order valence-corrected chi connectivity index (χ0v) is 15.3. The zero-order chi connectivity index (χ0) is 17.9. The van der Waals surface area contributed by atoms with Crippen LogP contribution < -0.4 is 0 Å². The number of hydrogen-bond donors (Lipinski definition) is 1. The van der Waals surface area contributed by atoms with Crippen LogP contribution in [-0.2, 0) is 14.9 Å². The Morgan fingerprint density at radius 3 is 2.96 bits per heavy atom. The number of nitrogens with zero attached hydrogens (tertiary/aromatic N) is 1. The third-order valence-corrected chi connectivity index (χ3v) is 5.73. The summed E-state index contributed by atoms with van der Waals surface area (Å²) >= 11 is 0. The van der Waals surface area contributed by atoms with Gasteiger partial charge in [-0.1, -0.05) is 25.5 Å². The van der Waals surface area contributed by atoms with Crippen LogP contribution in [0.2, 0.25) is 0 Å². The summed E-state index contributed by atoms with van der Waals surface area (Å²) in [5.74, 6) is 0.0488. The highest BCUT2D eigenvalue weighted by Crippen LogP contribution is 2.51. The number of piperidine rings is 1. The molecule has 136 valence electrons. The Bertz CT molecular complexity index is 654. The fraction of sp³-hybridized carbons (Fsp3) is 0.571. The Morgan fingerprint density at radius 2 is 2.24 bits per heavy atom. The Kier molecular flexibility index (Phi) is 5.48. The average molecular weight is 343 g/mol. The van der Waals surface area contributed by atoms with Gasteiger partial charge in [0, 0.05) is 17.5 Å². The normalized spacial score (nSPS) is 28.1. The molecule has 1 aromatic carbocycles. The molecule has 2 bridgehead atoms. The quantitative estimate of drug-likeness (QED) is 0.653. The van der Waals surface area contributed by atoms with Gasteiger partial charge in [-0.05, 0) is 69.0 Å². The first-order valence-corrected chi connectivity index (χ1v) is 9.53. The number of ether oxygens (including phenoxy) is 1. The first-order chi connectivity index (χ1) is 12.1. The summed E-state index contributed by atoms with van der Waals surface area (Å²) in [6, 6.07) is 7.88. The molecule has 25 heavy (non-hydrogen) atoms. The number of rotatable bonds is 5. The number of esters is 1. The van der Waals surface area contributed by atoms with E-state index in [4.69, 9.17) is 4.74 Å². The van der Waals surface area contributed by atoms with Crippen molar-refractivity contribution in [3.05, 3.63) is 41.5 Å². The van der Waals surface area contributed by atoms with Gasteiger partial charge in [-0.25, -0.2) is 4.79 Å². The van der Waals surface area contributed by atoms with E-state index >= 15 is 0 Å². The fourth-order valence-electron chi connectivity index (χ4n) is 4.71. The number of fused-ring (bicyclic) bond motifs is 2. The lowest BCUT2D eigenvalue weighted by Crippen LogP contribution is -2.54. The van der Waals surface area contributed by atoms with E-state index < -0.39 is 0 Å². The number of hydrogen-bond acceptors (Lipinski definition) is 4. The highest BCUT2D eigenvalue weighted by molar-refractivity contribution is 5.84. The van der Waals surface area contributed by atoms with E-state index in [1.165, 1.54) is 5.57 Å². The largest absolute Gasteiger partial charge is 0.508 e. The molecule has 1 aliphatic carbocycles. The number of phenolic OH excluding ortho intramolecular Hbond substituents is 1. The van der Waals surface area contributed by atoms with E-state index in [9.17, 15) is 9.90 Å². The number of aromatic hydroxyl groups is 1. The monoisotopic (exact) mass is 343 g/mol. The van der Waals surface area contributed by atoms with Crippen LogP contribution in [-0.4, -0.2) is 41.7 Å². The predicted molar refractivity (Wildman–Crippen MR) is 98.6 cm³/mol. The van der Waals surface area contributed by atoms with Crippen molar-refractivity contribution in [2.75, 3.05) is 19.7 Å². The van der Waals surface area contributed by atoms with E-state index in [2.05, 4.69) is 17.9 Å². The van der Waals surface area contributed by atoms with Crippen LogP contribution in [0.1, 0.15) is 51.5 Å². The number of benzene rings is 1. The Labute approximate surface area is 150 Å². The molecular formula is C21H29NO3. The lowest BCUT2D eigenvalue weighted by atomic mass is 9.60. The van der Waals surface area contributed by atoms with Gasteiger partial charge in [0.2, 0.25) is 0 Å². The summed E-state index contributed by atoms with van der Waals surface area (Å²) in [7, 11) is 0.